The van der Waals surface area contributed by atoms with Crippen LogP contribution in [0.3, 0.4) is 0 Å². The lowest BCUT2D eigenvalue weighted by molar-refractivity contribution is 0.595. The molecule has 13 heavy (non-hydrogen) atoms. The summed E-state index contributed by atoms with van der Waals surface area (Å²) >= 11 is 1.84. The Morgan fingerprint density at radius 3 is 3.15 bits per heavy atom. The molecule has 0 unspecified atom stereocenters. The Morgan fingerprint density at radius 1 is 1.23 bits per heavy atom. The maximum absolute atomic E-state index is 5.68. The average Bonchev–Trinajstić information content (AvgIpc) is 2.56. The summed E-state index contributed by atoms with van der Waals surface area (Å²) in [6.07, 6.45) is 4.20. The Labute approximate surface area is 80.4 Å². The predicted molar refractivity (Wildman–Crippen MR) is 56.0 cm³/mol. The van der Waals surface area contributed by atoms with E-state index < -0.39 is 0 Å². The molecule has 1 aromatic carbocycles. The van der Waals surface area contributed by atoms with Gasteiger partial charge in [0.2, 0.25) is 0 Å². The maximum Gasteiger partial charge on any atom is 0.141 e. The molecule has 0 aliphatic carbocycles. The van der Waals surface area contributed by atoms with Gasteiger partial charge in [-0.2, -0.15) is 0 Å². The van der Waals surface area contributed by atoms with Crippen LogP contribution in [0.4, 0.5) is 0 Å². The van der Waals surface area contributed by atoms with E-state index in [4.69, 9.17) is 4.42 Å². The van der Waals surface area contributed by atoms with Gasteiger partial charge >= 0.3 is 0 Å². The number of para-hydroxylation sites is 1. The van der Waals surface area contributed by atoms with Crippen LogP contribution in [-0.4, -0.2) is 5.75 Å². The summed E-state index contributed by atoms with van der Waals surface area (Å²) in [4.78, 5) is 1.29. The van der Waals surface area contributed by atoms with Crippen LogP contribution in [0, 0.1) is 0 Å². The molecule has 0 spiro atoms. The Hall–Kier alpha value is -1.15. The lowest BCUT2D eigenvalue weighted by Gasteiger charge is -2.01. The number of hydrogen-bond acceptors (Lipinski definition) is 2. The van der Waals surface area contributed by atoms with Gasteiger partial charge in [-0.1, -0.05) is 18.2 Å². The molecule has 3 rings (SSSR count). The monoisotopic (exact) mass is 188 g/mol. The molecule has 64 valence electrons. The minimum Gasteiger partial charge on any atom is -0.456 e. The van der Waals surface area contributed by atoms with E-state index in [0.717, 1.165) is 17.1 Å². The Balaban J connectivity index is 2.41. The molecule has 0 saturated heterocycles. The zero-order chi connectivity index (χ0) is 8.67. The quantitative estimate of drug-likeness (QED) is 0.627. The number of fused-ring (bicyclic) bond motifs is 3. The summed E-state index contributed by atoms with van der Waals surface area (Å²) in [5, 5.41) is 1.24. The molecule has 1 nitrogen and oxygen atoms in total. The van der Waals surface area contributed by atoms with Gasteiger partial charge in [0.1, 0.15) is 11.3 Å². The molecule has 2 aromatic rings. The van der Waals surface area contributed by atoms with Gasteiger partial charge in [-0.25, -0.2) is 0 Å². The van der Waals surface area contributed by atoms with E-state index in [1.54, 1.807) is 0 Å². The minimum atomic E-state index is 0.992. The van der Waals surface area contributed by atoms with Gasteiger partial charge in [0.05, 0.1) is 4.90 Å². The van der Waals surface area contributed by atoms with E-state index in [0.29, 0.717) is 0 Å². The van der Waals surface area contributed by atoms with Crippen LogP contribution in [0.5, 0.6) is 0 Å². The molecule has 0 bridgehead atoms. The van der Waals surface area contributed by atoms with Crippen molar-refractivity contribution in [1.29, 1.82) is 0 Å². The fraction of sp³-hybridized carbons (Fsp3) is 0.0909. The number of hydrogen-bond donors (Lipinski definition) is 0. The zero-order valence-electron chi connectivity index (χ0n) is 6.99. The third-order valence-electron chi connectivity index (χ3n) is 2.17. The summed E-state index contributed by atoms with van der Waals surface area (Å²) < 4.78 is 5.68. The van der Waals surface area contributed by atoms with Gasteiger partial charge < -0.3 is 4.42 Å². The Bertz CT molecular complexity index is 482. The molecule has 0 fully saturated rings. The first-order chi connectivity index (χ1) is 6.45. The van der Waals surface area contributed by atoms with Crippen molar-refractivity contribution in [3.63, 3.8) is 0 Å². The molecular formula is C11H8OS. The number of furan rings is 1. The molecule has 0 saturated carbocycles. The van der Waals surface area contributed by atoms with E-state index in [2.05, 4.69) is 24.3 Å². The van der Waals surface area contributed by atoms with Crippen molar-refractivity contribution in [2.24, 2.45) is 0 Å². The molecular weight excluding hydrogens is 180 g/mol. The highest BCUT2D eigenvalue weighted by atomic mass is 32.2. The van der Waals surface area contributed by atoms with E-state index in [9.17, 15) is 0 Å². The predicted octanol–water partition coefficient (Wildman–Crippen LogP) is 3.55. The molecule has 0 amide bonds. The van der Waals surface area contributed by atoms with Gasteiger partial charge in [-0.3, -0.25) is 0 Å². The van der Waals surface area contributed by atoms with Crippen molar-refractivity contribution < 1.29 is 4.42 Å². The van der Waals surface area contributed by atoms with Gasteiger partial charge in [-0.15, -0.1) is 11.8 Å². The number of benzene rings is 1. The van der Waals surface area contributed by atoms with Crippen molar-refractivity contribution in [3.8, 4) is 0 Å². The molecule has 1 aliphatic rings. The van der Waals surface area contributed by atoms with E-state index in [-0.39, 0.29) is 0 Å². The van der Waals surface area contributed by atoms with E-state index >= 15 is 0 Å². The summed E-state index contributed by atoms with van der Waals surface area (Å²) in [7, 11) is 0. The summed E-state index contributed by atoms with van der Waals surface area (Å²) in [5.41, 5.74) is 0.992. The topological polar surface area (TPSA) is 13.1 Å². The third-order valence-corrected chi connectivity index (χ3v) is 3.24. The molecule has 1 aromatic heterocycles. The molecule has 2 heteroatoms. The first-order valence-electron chi connectivity index (χ1n) is 4.26. The van der Waals surface area contributed by atoms with Crippen LogP contribution in [0.2, 0.25) is 0 Å². The number of thioether (sulfide) groups is 1. The van der Waals surface area contributed by atoms with E-state index in [1.807, 2.05) is 23.9 Å². The van der Waals surface area contributed by atoms with Crippen LogP contribution in [0.1, 0.15) is 5.76 Å². The smallest absolute Gasteiger partial charge is 0.141 e. The third kappa shape index (κ3) is 1.02. The van der Waals surface area contributed by atoms with Crippen LogP contribution < -0.4 is 0 Å². The van der Waals surface area contributed by atoms with Gasteiger partial charge in [-0.05, 0) is 18.2 Å². The molecule has 1 aliphatic heterocycles. The molecule has 0 atom stereocenters. The lowest BCUT2D eigenvalue weighted by atomic mass is 10.2. The second kappa shape index (κ2) is 2.67. The number of rotatable bonds is 0. The highest BCUT2D eigenvalue weighted by molar-refractivity contribution is 7.99. The maximum atomic E-state index is 5.68. The summed E-state index contributed by atoms with van der Waals surface area (Å²) in [6, 6.07) is 8.19. The standard InChI is InChI=1S/C11H8OS/c1-2-5-9-8(4-1)11-10(12-9)6-3-7-13-11/h1-6H,7H2. The Morgan fingerprint density at radius 2 is 2.15 bits per heavy atom. The van der Waals surface area contributed by atoms with Crippen molar-refractivity contribution in [3.05, 3.63) is 36.1 Å². The largest absolute Gasteiger partial charge is 0.456 e. The first-order valence-corrected chi connectivity index (χ1v) is 5.24. The highest BCUT2D eigenvalue weighted by Crippen LogP contribution is 2.37. The summed E-state index contributed by atoms with van der Waals surface area (Å²) in [6.45, 7) is 0. The molecule has 0 N–H and O–H groups in total. The van der Waals surface area contributed by atoms with Crippen molar-refractivity contribution in [2.45, 2.75) is 4.90 Å². The minimum absolute atomic E-state index is 0.992. The average molecular weight is 188 g/mol. The molecule has 0 radical (unpaired) electrons. The first kappa shape index (κ1) is 7.27. The van der Waals surface area contributed by atoms with Crippen LogP contribution in [0.25, 0.3) is 17.0 Å². The SMILES string of the molecule is C1=Cc2oc3ccccc3c2SC1. The van der Waals surface area contributed by atoms with Crippen LogP contribution >= 0.6 is 11.8 Å². The normalized spacial score (nSPS) is 14.8. The van der Waals surface area contributed by atoms with Gasteiger partial charge in [0.15, 0.2) is 0 Å². The summed E-state index contributed by atoms with van der Waals surface area (Å²) in [5.74, 6) is 2.06. The van der Waals surface area contributed by atoms with E-state index in [1.165, 1.54) is 10.3 Å². The van der Waals surface area contributed by atoms with Crippen molar-refractivity contribution in [2.75, 3.05) is 5.75 Å². The van der Waals surface area contributed by atoms with Crippen LogP contribution in [0.15, 0.2) is 39.7 Å². The molecule has 2 heterocycles. The van der Waals surface area contributed by atoms with Crippen molar-refractivity contribution in [1.82, 2.24) is 0 Å². The Kier molecular flexibility index (Phi) is 1.49. The second-order valence-electron chi connectivity index (χ2n) is 3.00. The highest BCUT2D eigenvalue weighted by Gasteiger charge is 2.13. The fourth-order valence-electron chi connectivity index (χ4n) is 1.59. The zero-order valence-corrected chi connectivity index (χ0v) is 7.80. The second-order valence-corrected chi connectivity index (χ2v) is 4.04. The van der Waals surface area contributed by atoms with Crippen LogP contribution in [-0.2, 0) is 0 Å². The van der Waals surface area contributed by atoms with Gasteiger partial charge in [0, 0.05) is 11.1 Å². The van der Waals surface area contributed by atoms with Crippen molar-refractivity contribution >= 4 is 28.8 Å². The lowest BCUT2D eigenvalue weighted by Crippen LogP contribution is -1.81. The van der Waals surface area contributed by atoms with Gasteiger partial charge in [0.25, 0.3) is 0 Å². The fourth-order valence-corrected chi connectivity index (χ4v) is 2.52.